The third kappa shape index (κ3) is 3.65. The Morgan fingerprint density at radius 2 is 1.79 bits per heavy atom. The van der Waals surface area contributed by atoms with Crippen molar-refractivity contribution in [3.05, 3.63) is 33.8 Å². The minimum Gasteiger partial charge on any atom is -0.392 e. The Labute approximate surface area is 125 Å². The predicted molar refractivity (Wildman–Crippen MR) is 81.8 cm³/mol. The van der Waals surface area contributed by atoms with E-state index in [0.29, 0.717) is 28.3 Å². The average molecular weight is 301 g/mol. The van der Waals surface area contributed by atoms with E-state index in [9.17, 15) is 5.11 Å². The maximum atomic E-state index is 10.5. The van der Waals surface area contributed by atoms with Crippen LogP contribution in [0.4, 0.5) is 0 Å². The number of halogens is 2. The molecule has 1 saturated carbocycles. The number of hydrogen-bond acceptors (Lipinski definition) is 1. The number of aliphatic hydroxyl groups is 1. The van der Waals surface area contributed by atoms with Crippen molar-refractivity contribution in [1.82, 2.24) is 0 Å². The van der Waals surface area contributed by atoms with Crippen LogP contribution >= 0.6 is 23.2 Å². The molecule has 0 amide bonds. The fourth-order valence-electron chi connectivity index (χ4n) is 3.04. The van der Waals surface area contributed by atoms with Gasteiger partial charge in [0.25, 0.3) is 0 Å². The van der Waals surface area contributed by atoms with Crippen LogP contribution in [0.15, 0.2) is 18.2 Å². The molecular formula is C16H22Cl2O. The summed E-state index contributed by atoms with van der Waals surface area (Å²) in [6.07, 6.45) is 3.63. The highest BCUT2D eigenvalue weighted by Gasteiger charge is 2.29. The average Bonchev–Trinajstić information content (AvgIpc) is 2.37. The molecule has 2 rings (SSSR count). The Morgan fingerprint density at radius 1 is 1.16 bits per heavy atom. The fourth-order valence-corrected chi connectivity index (χ4v) is 3.59. The molecule has 4 atom stereocenters. The van der Waals surface area contributed by atoms with Gasteiger partial charge >= 0.3 is 0 Å². The van der Waals surface area contributed by atoms with Gasteiger partial charge in [0.15, 0.2) is 0 Å². The molecule has 0 aromatic heterocycles. The van der Waals surface area contributed by atoms with Gasteiger partial charge in [0.05, 0.1) is 6.10 Å². The summed E-state index contributed by atoms with van der Waals surface area (Å²) in [4.78, 5) is 0. The zero-order chi connectivity index (χ0) is 14.0. The highest BCUT2D eigenvalue weighted by molar-refractivity contribution is 6.35. The van der Waals surface area contributed by atoms with Gasteiger partial charge in [-0.1, -0.05) is 49.5 Å². The molecule has 1 aromatic carbocycles. The van der Waals surface area contributed by atoms with Crippen LogP contribution in [0.25, 0.3) is 0 Å². The maximum Gasteiger partial charge on any atom is 0.0609 e. The largest absolute Gasteiger partial charge is 0.392 e. The molecule has 3 heteroatoms. The lowest BCUT2D eigenvalue weighted by Crippen LogP contribution is -2.30. The first-order chi connectivity index (χ1) is 8.99. The molecule has 1 fully saturated rings. The molecule has 0 heterocycles. The molecular weight excluding hydrogens is 279 g/mol. The minimum absolute atomic E-state index is 0.340. The molecule has 1 aromatic rings. The fraction of sp³-hybridized carbons (Fsp3) is 0.625. The molecule has 0 bridgehead atoms. The van der Waals surface area contributed by atoms with Crippen LogP contribution in [-0.4, -0.2) is 11.2 Å². The molecule has 4 unspecified atom stereocenters. The zero-order valence-electron chi connectivity index (χ0n) is 11.6. The van der Waals surface area contributed by atoms with E-state index in [1.165, 1.54) is 6.42 Å². The number of rotatable bonds is 3. The van der Waals surface area contributed by atoms with E-state index >= 15 is 0 Å². The van der Waals surface area contributed by atoms with Crippen LogP contribution in [0.5, 0.6) is 0 Å². The van der Waals surface area contributed by atoms with Crippen molar-refractivity contribution in [3.63, 3.8) is 0 Å². The topological polar surface area (TPSA) is 20.2 Å². The number of benzene rings is 1. The normalized spacial score (nSPS) is 29.2. The van der Waals surface area contributed by atoms with Crippen molar-refractivity contribution in [2.75, 3.05) is 0 Å². The van der Waals surface area contributed by atoms with Crippen LogP contribution in [0.2, 0.25) is 10.0 Å². The Bertz CT molecular complexity index is 413. The maximum absolute atomic E-state index is 10.5. The van der Waals surface area contributed by atoms with Gasteiger partial charge in [-0.05, 0) is 48.3 Å². The lowest BCUT2D eigenvalue weighted by atomic mass is 9.73. The molecule has 1 N–H and O–H groups in total. The number of hydrogen-bond donors (Lipinski definition) is 1. The highest BCUT2D eigenvalue weighted by atomic mass is 35.5. The van der Waals surface area contributed by atoms with Gasteiger partial charge in [-0.15, -0.1) is 0 Å². The molecule has 19 heavy (non-hydrogen) atoms. The SMILES string of the molecule is CC1CCC(C(O)Cc2c(Cl)cccc2Cl)CC1C. The van der Waals surface area contributed by atoms with E-state index < -0.39 is 0 Å². The summed E-state index contributed by atoms with van der Waals surface area (Å²) >= 11 is 12.3. The Kier molecular flexibility index (Phi) is 5.16. The monoisotopic (exact) mass is 300 g/mol. The first-order valence-corrected chi connectivity index (χ1v) is 7.85. The van der Waals surface area contributed by atoms with Gasteiger partial charge in [0.2, 0.25) is 0 Å². The Morgan fingerprint density at radius 3 is 2.37 bits per heavy atom. The van der Waals surface area contributed by atoms with E-state index in [1.54, 1.807) is 0 Å². The summed E-state index contributed by atoms with van der Waals surface area (Å²) in [6.45, 7) is 4.59. The Balaban J connectivity index is 2.03. The van der Waals surface area contributed by atoms with E-state index in [1.807, 2.05) is 18.2 Å². The van der Waals surface area contributed by atoms with Gasteiger partial charge in [-0.25, -0.2) is 0 Å². The summed E-state index contributed by atoms with van der Waals surface area (Å²) in [7, 11) is 0. The molecule has 0 saturated heterocycles. The van der Waals surface area contributed by atoms with Gasteiger partial charge in [-0.3, -0.25) is 0 Å². The minimum atomic E-state index is -0.340. The third-order valence-electron chi connectivity index (χ3n) is 4.66. The quantitative estimate of drug-likeness (QED) is 0.835. The van der Waals surface area contributed by atoms with Gasteiger partial charge in [0, 0.05) is 16.5 Å². The second-order valence-corrected chi connectivity index (χ2v) is 6.81. The molecule has 0 radical (unpaired) electrons. The first-order valence-electron chi connectivity index (χ1n) is 7.10. The Hall–Kier alpha value is -0.240. The smallest absolute Gasteiger partial charge is 0.0609 e. The van der Waals surface area contributed by atoms with Crippen molar-refractivity contribution in [1.29, 1.82) is 0 Å². The van der Waals surface area contributed by atoms with E-state index in [0.717, 1.165) is 24.3 Å². The van der Waals surface area contributed by atoms with E-state index in [4.69, 9.17) is 23.2 Å². The molecule has 1 aliphatic carbocycles. The van der Waals surface area contributed by atoms with Crippen LogP contribution in [-0.2, 0) is 6.42 Å². The standard InChI is InChI=1S/C16H22Cl2O/c1-10-6-7-12(8-11(10)2)16(19)9-13-14(17)4-3-5-15(13)18/h3-5,10-12,16,19H,6-9H2,1-2H3. The van der Waals surface area contributed by atoms with E-state index in [2.05, 4.69) is 13.8 Å². The van der Waals surface area contributed by atoms with Gasteiger partial charge in [-0.2, -0.15) is 0 Å². The summed E-state index contributed by atoms with van der Waals surface area (Å²) in [6, 6.07) is 5.51. The second-order valence-electron chi connectivity index (χ2n) is 6.00. The van der Waals surface area contributed by atoms with Crippen molar-refractivity contribution in [2.45, 2.75) is 45.6 Å². The lowest BCUT2D eigenvalue weighted by molar-refractivity contribution is 0.0570. The van der Waals surface area contributed by atoms with Crippen LogP contribution < -0.4 is 0 Å². The summed E-state index contributed by atoms with van der Waals surface area (Å²) < 4.78 is 0. The molecule has 0 aliphatic heterocycles. The highest BCUT2D eigenvalue weighted by Crippen LogP contribution is 2.36. The molecule has 106 valence electrons. The third-order valence-corrected chi connectivity index (χ3v) is 5.37. The van der Waals surface area contributed by atoms with Crippen LogP contribution in [0.3, 0.4) is 0 Å². The molecule has 0 spiro atoms. The summed E-state index contributed by atoms with van der Waals surface area (Å²) in [5, 5.41) is 11.8. The summed E-state index contributed by atoms with van der Waals surface area (Å²) in [5.74, 6) is 1.83. The first kappa shape index (κ1) is 15.2. The van der Waals surface area contributed by atoms with Gasteiger partial charge in [0.1, 0.15) is 0 Å². The summed E-state index contributed by atoms with van der Waals surface area (Å²) in [5.41, 5.74) is 0.879. The van der Waals surface area contributed by atoms with Crippen LogP contribution in [0, 0.1) is 17.8 Å². The second kappa shape index (κ2) is 6.47. The predicted octanol–water partition coefficient (Wildman–Crippen LogP) is 4.97. The number of aliphatic hydroxyl groups excluding tert-OH is 1. The van der Waals surface area contributed by atoms with Crippen molar-refractivity contribution >= 4 is 23.2 Å². The van der Waals surface area contributed by atoms with E-state index in [-0.39, 0.29) is 6.10 Å². The lowest BCUT2D eigenvalue weighted by Gasteiger charge is -2.34. The van der Waals surface area contributed by atoms with Crippen LogP contribution in [0.1, 0.15) is 38.7 Å². The molecule has 1 aliphatic rings. The zero-order valence-corrected chi connectivity index (χ0v) is 13.1. The molecule has 1 nitrogen and oxygen atoms in total. The van der Waals surface area contributed by atoms with Crippen molar-refractivity contribution in [2.24, 2.45) is 17.8 Å². The van der Waals surface area contributed by atoms with Crippen molar-refractivity contribution < 1.29 is 5.11 Å². The van der Waals surface area contributed by atoms with Crippen molar-refractivity contribution in [3.8, 4) is 0 Å². The van der Waals surface area contributed by atoms with Gasteiger partial charge < -0.3 is 5.11 Å².